The van der Waals surface area contributed by atoms with E-state index in [2.05, 4.69) is 15.8 Å². The number of nitrogens with zero attached hydrogens (tertiary/aromatic N) is 3. The highest BCUT2D eigenvalue weighted by Crippen LogP contribution is 2.23. The molecule has 0 unspecified atom stereocenters. The lowest BCUT2D eigenvalue weighted by molar-refractivity contribution is -0.113. The van der Waals surface area contributed by atoms with Gasteiger partial charge in [0.25, 0.3) is 0 Å². The third kappa shape index (κ3) is 5.42. The Bertz CT molecular complexity index is 942. The largest absolute Gasteiger partial charge is 0.294 e. The number of rotatable bonds is 5. The van der Waals surface area contributed by atoms with Crippen LogP contribution in [0, 0.1) is 17.9 Å². The van der Waals surface area contributed by atoms with Crippen molar-refractivity contribution in [2.45, 2.75) is 6.42 Å². The van der Waals surface area contributed by atoms with Gasteiger partial charge >= 0.3 is 0 Å². The van der Waals surface area contributed by atoms with Gasteiger partial charge in [0.2, 0.25) is 0 Å². The van der Waals surface area contributed by atoms with E-state index >= 15 is 0 Å². The molecule has 2 aromatic rings. The molecular formula is C24H20ClN3O. The van der Waals surface area contributed by atoms with E-state index in [1.165, 1.54) is 0 Å². The van der Waals surface area contributed by atoms with Crippen LogP contribution >= 0.6 is 11.6 Å². The highest BCUT2D eigenvalue weighted by molar-refractivity contribution is 6.17. The van der Waals surface area contributed by atoms with Crippen molar-refractivity contribution in [2.75, 3.05) is 25.5 Å². The van der Waals surface area contributed by atoms with Crippen LogP contribution in [0.15, 0.2) is 59.7 Å². The molecule has 0 bridgehead atoms. The first-order valence-electron chi connectivity index (χ1n) is 9.35. The summed E-state index contributed by atoms with van der Waals surface area (Å²) in [5, 5.41) is 8.96. The molecule has 144 valence electrons. The molecule has 0 saturated carbocycles. The maximum Gasteiger partial charge on any atom is 0.187 e. The number of ketones is 1. The second-order valence-corrected chi connectivity index (χ2v) is 7.24. The van der Waals surface area contributed by atoms with Gasteiger partial charge in [0, 0.05) is 30.1 Å². The van der Waals surface area contributed by atoms with Crippen LogP contribution in [0.3, 0.4) is 0 Å². The SMILES string of the molecule is [C-]#[N+]c1ccc(/C=C2\CN(CCCCl)C/C(=C\c3ccc(C#N)cc3)C2=O)cc1. The number of benzene rings is 2. The van der Waals surface area contributed by atoms with E-state index < -0.39 is 0 Å². The Morgan fingerprint density at radius 1 is 1.03 bits per heavy atom. The van der Waals surface area contributed by atoms with Crippen LogP contribution in [0.4, 0.5) is 5.69 Å². The van der Waals surface area contributed by atoms with E-state index in [0.717, 1.165) is 35.2 Å². The first-order valence-corrected chi connectivity index (χ1v) is 9.88. The smallest absolute Gasteiger partial charge is 0.187 e. The fourth-order valence-corrected chi connectivity index (χ4v) is 3.37. The van der Waals surface area contributed by atoms with Crippen molar-refractivity contribution in [3.05, 3.63) is 87.8 Å². The zero-order valence-corrected chi connectivity index (χ0v) is 16.7. The fourth-order valence-electron chi connectivity index (χ4n) is 3.25. The number of likely N-dealkylation sites (tertiary alicyclic amines) is 1. The highest BCUT2D eigenvalue weighted by Gasteiger charge is 2.25. The molecule has 5 heteroatoms. The van der Waals surface area contributed by atoms with Gasteiger partial charge in [-0.05, 0) is 48.4 Å². The molecule has 4 nitrogen and oxygen atoms in total. The molecule has 0 N–H and O–H groups in total. The average molecular weight is 402 g/mol. The normalized spacial score (nSPS) is 17.3. The Balaban J connectivity index is 1.91. The summed E-state index contributed by atoms with van der Waals surface area (Å²) in [6.45, 7) is 9.02. The summed E-state index contributed by atoms with van der Waals surface area (Å²) in [6, 6.07) is 16.5. The van der Waals surface area contributed by atoms with Gasteiger partial charge in [-0.2, -0.15) is 5.26 Å². The molecule has 0 aliphatic carbocycles. The predicted octanol–water partition coefficient (Wildman–Crippen LogP) is 5.09. The number of hydrogen-bond acceptors (Lipinski definition) is 3. The standard InChI is InChI=1S/C24H20ClN3O/c1-27-23-9-7-19(8-10-23)14-22-17-28(12-2-11-25)16-21(24(22)29)13-18-3-5-20(15-26)6-4-18/h3-10,13-14H,2,11-12,16-17H2/b21-13+,22-14+. The van der Waals surface area contributed by atoms with Crippen LogP contribution in [0.1, 0.15) is 23.1 Å². The highest BCUT2D eigenvalue weighted by atomic mass is 35.5. The van der Waals surface area contributed by atoms with Crippen molar-refractivity contribution >= 4 is 35.2 Å². The minimum absolute atomic E-state index is 0.0331. The number of halogens is 1. The maximum absolute atomic E-state index is 13.1. The molecule has 0 amide bonds. The predicted molar refractivity (Wildman–Crippen MR) is 117 cm³/mol. The summed E-state index contributed by atoms with van der Waals surface area (Å²) in [6.07, 6.45) is 4.65. The summed E-state index contributed by atoms with van der Waals surface area (Å²) >= 11 is 5.87. The molecule has 1 aliphatic heterocycles. The van der Waals surface area contributed by atoms with Crippen LogP contribution in [-0.2, 0) is 4.79 Å². The van der Waals surface area contributed by atoms with Crippen LogP contribution in [0.2, 0.25) is 0 Å². The molecule has 2 aromatic carbocycles. The van der Waals surface area contributed by atoms with Gasteiger partial charge in [-0.15, -0.1) is 11.6 Å². The molecule has 3 rings (SSSR count). The number of nitriles is 1. The molecule has 29 heavy (non-hydrogen) atoms. The maximum atomic E-state index is 13.1. The van der Waals surface area contributed by atoms with Crippen LogP contribution < -0.4 is 0 Å². The Kier molecular flexibility index (Phi) is 6.98. The summed E-state index contributed by atoms with van der Waals surface area (Å²) in [7, 11) is 0. The summed E-state index contributed by atoms with van der Waals surface area (Å²) < 4.78 is 0. The van der Waals surface area contributed by atoms with Gasteiger partial charge in [-0.3, -0.25) is 9.69 Å². The lowest BCUT2D eigenvalue weighted by atomic mass is 9.94. The number of piperidine rings is 1. The monoisotopic (exact) mass is 401 g/mol. The quantitative estimate of drug-likeness (QED) is 0.398. The van der Waals surface area contributed by atoms with E-state index in [1.807, 2.05) is 36.4 Å². The number of carbonyl (C=O) groups is 1. The van der Waals surface area contributed by atoms with Gasteiger partial charge in [0.1, 0.15) is 0 Å². The zero-order valence-electron chi connectivity index (χ0n) is 15.9. The molecule has 1 aliphatic rings. The topological polar surface area (TPSA) is 48.5 Å². The van der Waals surface area contributed by atoms with Crippen molar-refractivity contribution in [3.8, 4) is 6.07 Å². The molecule has 0 aromatic heterocycles. The first kappa shape index (κ1) is 20.6. The van der Waals surface area contributed by atoms with Crippen molar-refractivity contribution < 1.29 is 4.79 Å². The van der Waals surface area contributed by atoms with E-state index in [4.69, 9.17) is 23.4 Å². The number of carbonyl (C=O) groups excluding carboxylic acids is 1. The lowest BCUT2D eigenvalue weighted by Gasteiger charge is -2.29. The first-order chi connectivity index (χ1) is 14.1. The van der Waals surface area contributed by atoms with Crippen molar-refractivity contribution in [3.63, 3.8) is 0 Å². The third-order valence-electron chi connectivity index (χ3n) is 4.72. The van der Waals surface area contributed by atoms with Gasteiger partial charge in [-0.1, -0.05) is 36.4 Å². The summed E-state index contributed by atoms with van der Waals surface area (Å²) in [5.41, 5.74) is 4.41. The van der Waals surface area contributed by atoms with E-state index in [-0.39, 0.29) is 5.78 Å². The molecule has 1 heterocycles. The fraction of sp³-hybridized carbons (Fsp3) is 0.208. The van der Waals surface area contributed by atoms with Gasteiger partial charge in [-0.25, -0.2) is 4.85 Å². The van der Waals surface area contributed by atoms with Crippen molar-refractivity contribution in [1.29, 1.82) is 5.26 Å². The summed E-state index contributed by atoms with van der Waals surface area (Å²) in [4.78, 5) is 18.7. The molecular weight excluding hydrogens is 382 g/mol. The molecule has 0 atom stereocenters. The van der Waals surface area contributed by atoms with Gasteiger partial charge in [0.15, 0.2) is 11.5 Å². The van der Waals surface area contributed by atoms with Gasteiger partial charge < -0.3 is 0 Å². The number of alkyl halides is 1. The van der Waals surface area contributed by atoms with Crippen LogP contribution in [0.5, 0.6) is 0 Å². The second kappa shape index (κ2) is 9.85. The Morgan fingerprint density at radius 3 is 2.07 bits per heavy atom. The number of Topliss-reactive ketones (excluding diaryl/α,β-unsaturated/α-hetero) is 1. The lowest BCUT2D eigenvalue weighted by Crippen LogP contribution is -2.38. The van der Waals surface area contributed by atoms with Crippen molar-refractivity contribution in [2.24, 2.45) is 0 Å². The van der Waals surface area contributed by atoms with E-state index in [1.54, 1.807) is 24.3 Å². The molecule has 0 radical (unpaired) electrons. The molecule has 1 fully saturated rings. The Labute approximate surface area is 176 Å². The van der Waals surface area contributed by atoms with Gasteiger partial charge in [0.05, 0.1) is 18.2 Å². The van der Waals surface area contributed by atoms with E-state index in [9.17, 15) is 4.79 Å². The second-order valence-electron chi connectivity index (χ2n) is 6.86. The Hall–Kier alpha value is -3.18. The molecule has 0 spiro atoms. The average Bonchev–Trinajstić information content (AvgIpc) is 2.76. The third-order valence-corrected chi connectivity index (χ3v) is 4.99. The Morgan fingerprint density at radius 2 is 1.59 bits per heavy atom. The van der Waals surface area contributed by atoms with Crippen molar-refractivity contribution in [1.82, 2.24) is 4.90 Å². The zero-order chi connectivity index (χ0) is 20.6. The van der Waals surface area contributed by atoms with Crippen LogP contribution in [0.25, 0.3) is 17.0 Å². The van der Waals surface area contributed by atoms with E-state index in [0.29, 0.717) is 30.2 Å². The minimum atomic E-state index is 0.0331. The minimum Gasteiger partial charge on any atom is -0.294 e. The summed E-state index contributed by atoms with van der Waals surface area (Å²) in [5.74, 6) is 0.613. The molecule has 1 saturated heterocycles. The van der Waals surface area contributed by atoms with Crippen LogP contribution in [-0.4, -0.2) is 36.2 Å². The number of hydrogen-bond donors (Lipinski definition) is 0.